The van der Waals surface area contributed by atoms with Crippen molar-refractivity contribution in [2.75, 3.05) is 0 Å². The van der Waals surface area contributed by atoms with E-state index < -0.39 is 5.92 Å². The normalized spacial score (nSPS) is 20.9. The minimum atomic E-state index is -0.615. The largest absolute Gasteiger partial charge is 0.487 e. The van der Waals surface area contributed by atoms with Gasteiger partial charge >= 0.3 is 0 Å². The van der Waals surface area contributed by atoms with Crippen molar-refractivity contribution in [2.45, 2.75) is 65.9 Å². The van der Waals surface area contributed by atoms with Crippen LogP contribution in [0.15, 0.2) is 68.0 Å². The number of carbonyl (C=O) groups excluding carboxylic acids is 2. The molecule has 0 unspecified atom stereocenters. The van der Waals surface area contributed by atoms with Gasteiger partial charge in [0, 0.05) is 52.4 Å². The van der Waals surface area contributed by atoms with Crippen LogP contribution < -0.4 is 4.74 Å². The number of carbonyl (C=O) groups is 2. The van der Waals surface area contributed by atoms with Crippen LogP contribution in [0.5, 0.6) is 5.75 Å². The number of hydrogen-bond donors (Lipinski definition) is 0. The zero-order valence-corrected chi connectivity index (χ0v) is 24.5. The van der Waals surface area contributed by atoms with Crippen molar-refractivity contribution in [1.29, 1.82) is 0 Å². The molecule has 1 heterocycles. The fraction of sp³-hybridized carbons (Fsp3) is 0.400. The van der Waals surface area contributed by atoms with E-state index in [0.717, 1.165) is 4.47 Å². The molecule has 0 spiro atoms. The Kier molecular flexibility index (Phi) is 6.76. The van der Waals surface area contributed by atoms with E-state index >= 15 is 0 Å². The van der Waals surface area contributed by atoms with E-state index in [0.29, 0.717) is 69.7 Å². The Bertz CT molecular complexity index is 1330. The summed E-state index contributed by atoms with van der Waals surface area (Å²) in [5.74, 6) is 0.766. The molecular weight excluding hydrogens is 603 g/mol. The molecule has 0 saturated heterocycles. The highest BCUT2D eigenvalue weighted by Crippen LogP contribution is 2.55. The van der Waals surface area contributed by atoms with Gasteiger partial charge < -0.3 is 9.47 Å². The third-order valence-corrected chi connectivity index (χ3v) is 8.31. The summed E-state index contributed by atoms with van der Waals surface area (Å²) in [6.45, 7) is 8.25. The van der Waals surface area contributed by atoms with Crippen molar-refractivity contribution < 1.29 is 23.5 Å². The van der Waals surface area contributed by atoms with Crippen LogP contribution in [-0.2, 0) is 20.9 Å². The van der Waals surface area contributed by atoms with Gasteiger partial charge in [-0.05, 0) is 45.0 Å². The summed E-state index contributed by atoms with van der Waals surface area (Å²) in [6.07, 6.45) is 1.95. The minimum Gasteiger partial charge on any atom is -0.487 e. The first-order valence-electron chi connectivity index (χ1n) is 12.4. The maximum Gasteiger partial charge on any atom is 0.163 e. The lowest BCUT2D eigenvalue weighted by atomic mass is 9.65. The molecule has 0 bridgehead atoms. The first-order valence-corrected chi connectivity index (χ1v) is 14.0. The van der Waals surface area contributed by atoms with Crippen molar-refractivity contribution in [2.24, 2.45) is 10.8 Å². The number of halogens is 3. The highest BCUT2D eigenvalue weighted by molar-refractivity contribution is 9.11. The first-order chi connectivity index (χ1) is 17.3. The zero-order valence-electron chi connectivity index (χ0n) is 21.3. The smallest absolute Gasteiger partial charge is 0.163 e. The van der Waals surface area contributed by atoms with Gasteiger partial charge in [-0.25, -0.2) is 4.39 Å². The molecule has 0 radical (unpaired) electrons. The number of ketones is 2. The van der Waals surface area contributed by atoms with E-state index in [1.54, 1.807) is 18.2 Å². The second-order valence-electron chi connectivity index (χ2n) is 11.8. The summed E-state index contributed by atoms with van der Waals surface area (Å²) >= 11 is 7.20. The van der Waals surface area contributed by atoms with Gasteiger partial charge in [0.25, 0.3) is 0 Å². The zero-order chi connectivity index (χ0) is 26.7. The van der Waals surface area contributed by atoms with Gasteiger partial charge in [-0.3, -0.25) is 9.59 Å². The average Bonchev–Trinajstić information content (AvgIpc) is 2.76. The van der Waals surface area contributed by atoms with Crippen LogP contribution in [0, 0.1) is 16.6 Å². The van der Waals surface area contributed by atoms with E-state index in [-0.39, 0.29) is 34.8 Å². The van der Waals surface area contributed by atoms with E-state index in [9.17, 15) is 14.0 Å². The Morgan fingerprint density at radius 3 is 2.05 bits per heavy atom. The molecule has 0 N–H and O–H groups in total. The average molecular weight is 632 g/mol. The molecule has 2 aromatic carbocycles. The number of ether oxygens (including phenoxy) is 2. The number of hydrogen-bond acceptors (Lipinski definition) is 4. The second-order valence-corrected chi connectivity index (χ2v) is 13.5. The van der Waals surface area contributed by atoms with E-state index in [2.05, 4.69) is 59.6 Å². The molecule has 194 valence electrons. The molecule has 37 heavy (non-hydrogen) atoms. The molecule has 0 fully saturated rings. The molecule has 7 heteroatoms. The number of allylic oxidation sites excluding steroid dienone is 4. The van der Waals surface area contributed by atoms with Gasteiger partial charge in [0.05, 0.1) is 10.4 Å². The molecule has 3 aliphatic rings. The van der Waals surface area contributed by atoms with Gasteiger partial charge in [-0.15, -0.1) is 0 Å². The maximum atomic E-state index is 14.4. The Morgan fingerprint density at radius 2 is 1.49 bits per heavy atom. The fourth-order valence-electron chi connectivity index (χ4n) is 5.70. The van der Waals surface area contributed by atoms with Crippen LogP contribution in [0.2, 0.25) is 0 Å². The summed E-state index contributed by atoms with van der Waals surface area (Å²) in [5.41, 5.74) is 1.69. The molecule has 0 atom stereocenters. The predicted octanol–water partition coefficient (Wildman–Crippen LogP) is 8.33. The highest BCUT2D eigenvalue weighted by atomic mass is 79.9. The van der Waals surface area contributed by atoms with Crippen molar-refractivity contribution in [1.82, 2.24) is 0 Å². The van der Waals surface area contributed by atoms with Crippen molar-refractivity contribution in [3.8, 4) is 5.75 Å². The SMILES string of the molecule is CC1(C)CC(=O)C2=C(C1)OC1=C(C(=O)CC(C)(C)C1)C2c1cc(Br)cc(Br)c1OCc1ccccc1F. The lowest BCUT2D eigenvalue weighted by Crippen LogP contribution is -2.37. The van der Waals surface area contributed by atoms with E-state index in [1.165, 1.54) is 6.07 Å². The summed E-state index contributed by atoms with van der Waals surface area (Å²) < 4.78 is 28.5. The lowest BCUT2D eigenvalue weighted by Gasteiger charge is -2.43. The van der Waals surface area contributed by atoms with Crippen LogP contribution in [0.1, 0.15) is 70.4 Å². The second kappa shape index (κ2) is 9.49. The first kappa shape index (κ1) is 26.4. The van der Waals surface area contributed by atoms with E-state index in [1.807, 2.05) is 12.1 Å². The summed E-state index contributed by atoms with van der Waals surface area (Å²) in [6, 6.07) is 10.2. The van der Waals surface area contributed by atoms with Crippen molar-refractivity contribution in [3.63, 3.8) is 0 Å². The molecule has 0 saturated carbocycles. The van der Waals surface area contributed by atoms with Gasteiger partial charge in [0.1, 0.15) is 29.7 Å². The monoisotopic (exact) mass is 630 g/mol. The predicted molar refractivity (Wildman–Crippen MR) is 146 cm³/mol. The third-order valence-electron chi connectivity index (χ3n) is 7.26. The topological polar surface area (TPSA) is 52.6 Å². The van der Waals surface area contributed by atoms with Crippen LogP contribution in [0.4, 0.5) is 4.39 Å². The molecule has 0 amide bonds. The Morgan fingerprint density at radius 1 is 0.919 bits per heavy atom. The Balaban J connectivity index is 1.69. The van der Waals surface area contributed by atoms with Crippen LogP contribution in [0.25, 0.3) is 0 Å². The fourth-order valence-corrected chi connectivity index (χ4v) is 7.07. The maximum absolute atomic E-state index is 14.4. The molecule has 5 rings (SSSR count). The van der Waals surface area contributed by atoms with Gasteiger partial charge in [-0.2, -0.15) is 0 Å². The third kappa shape index (κ3) is 5.09. The Labute approximate surface area is 233 Å². The van der Waals surface area contributed by atoms with Gasteiger partial charge in [0.15, 0.2) is 11.6 Å². The van der Waals surface area contributed by atoms with Crippen LogP contribution >= 0.6 is 31.9 Å². The van der Waals surface area contributed by atoms with Crippen molar-refractivity contribution >= 4 is 43.4 Å². The number of benzene rings is 2. The van der Waals surface area contributed by atoms with Gasteiger partial charge in [0.2, 0.25) is 0 Å². The summed E-state index contributed by atoms with van der Waals surface area (Å²) in [7, 11) is 0. The quantitative estimate of drug-likeness (QED) is 0.340. The minimum absolute atomic E-state index is 0.00287. The van der Waals surface area contributed by atoms with E-state index in [4.69, 9.17) is 9.47 Å². The van der Waals surface area contributed by atoms with Crippen molar-refractivity contribution in [3.05, 3.63) is 85.0 Å². The van der Waals surface area contributed by atoms with Crippen LogP contribution in [-0.4, -0.2) is 11.6 Å². The van der Waals surface area contributed by atoms with Crippen LogP contribution in [0.3, 0.4) is 0 Å². The number of Topliss-reactive ketones (excluding diaryl/α,β-unsaturated/α-hetero) is 2. The summed E-state index contributed by atoms with van der Waals surface area (Å²) in [4.78, 5) is 27.3. The Hall–Kier alpha value is -2.25. The molecular formula is C30H29Br2FO4. The highest BCUT2D eigenvalue weighted by Gasteiger charge is 2.48. The summed E-state index contributed by atoms with van der Waals surface area (Å²) in [5, 5.41) is 0. The molecule has 2 aromatic rings. The number of rotatable bonds is 4. The molecule has 1 aliphatic heterocycles. The van der Waals surface area contributed by atoms with Gasteiger partial charge in [-0.1, -0.05) is 61.8 Å². The molecule has 2 aliphatic carbocycles. The molecule has 4 nitrogen and oxygen atoms in total. The lowest BCUT2D eigenvalue weighted by molar-refractivity contribution is -0.120. The standard InChI is InChI=1S/C30H29Br2FO4/c1-29(2)11-21(34)26-23(13-29)37-24-14-30(3,4)12-22(35)27(24)25(26)18-9-17(31)10-19(32)28(18)36-15-16-7-5-6-8-20(16)33/h5-10,25H,11-15H2,1-4H3. The molecule has 0 aromatic heterocycles.